The van der Waals surface area contributed by atoms with Crippen LogP contribution in [0.25, 0.3) is 6.08 Å². The van der Waals surface area contributed by atoms with E-state index >= 15 is 0 Å². The smallest absolute Gasteiger partial charge is 0.293 e. The normalized spacial score (nSPS) is 15.2. The Labute approximate surface area is 170 Å². The summed E-state index contributed by atoms with van der Waals surface area (Å²) in [6, 6.07) is 12.7. The van der Waals surface area contributed by atoms with Gasteiger partial charge in [-0.15, -0.1) is 0 Å². The van der Waals surface area contributed by atoms with E-state index in [9.17, 15) is 23.2 Å². The molecule has 0 aliphatic carbocycles. The molecule has 8 heteroatoms. The number of carbonyl (C=O) groups is 3. The molecule has 0 saturated carbocycles. The first-order chi connectivity index (χ1) is 13.9. The van der Waals surface area contributed by atoms with Gasteiger partial charge in [-0.3, -0.25) is 19.3 Å². The first-order valence-electron chi connectivity index (χ1n) is 8.95. The van der Waals surface area contributed by atoms with Gasteiger partial charge >= 0.3 is 0 Å². The molecule has 1 N–H and O–H groups in total. The van der Waals surface area contributed by atoms with Crippen molar-refractivity contribution in [2.24, 2.45) is 0 Å². The van der Waals surface area contributed by atoms with Crippen LogP contribution in [-0.4, -0.2) is 35.0 Å². The van der Waals surface area contributed by atoms with Crippen molar-refractivity contribution >= 4 is 34.9 Å². The zero-order chi connectivity index (χ0) is 20.8. The van der Waals surface area contributed by atoms with Crippen LogP contribution in [0.3, 0.4) is 0 Å². The van der Waals surface area contributed by atoms with E-state index in [0.29, 0.717) is 10.5 Å². The third-order valence-corrected chi connectivity index (χ3v) is 5.16. The van der Waals surface area contributed by atoms with Crippen LogP contribution in [-0.2, 0) is 16.0 Å². The van der Waals surface area contributed by atoms with Crippen LogP contribution in [0.15, 0.2) is 53.4 Å². The topological polar surface area (TPSA) is 66.5 Å². The van der Waals surface area contributed by atoms with Crippen LogP contribution < -0.4 is 5.32 Å². The Balaban J connectivity index is 1.46. The van der Waals surface area contributed by atoms with Crippen molar-refractivity contribution < 1.29 is 23.2 Å². The molecule has 0 spiro atoms. The molecule has 3 amide bonds. The van der Waals surface area contributed by atoms with E-state index in [-0.39, 0.29) is 43.0 Å². The van der Waals surface area contributed by atoms with Gasteiger partial charge in [0.05, 0.1) is 4.91 Å². The van der Waals surface area contributed by atoms with Crippen molar-refractivity contribution in [3.8, 4) is 0 Å². The molecular weight excluding hydrogens is 398 g/mol. The van der Waals surface area contributed by atoms with E-state index in [0.717, 1.165) is 34.4 Å². The molecule has 1 fully saturated rings. The number of thioether (sulfide) groups is 1. The van der Waals surface area contributed by atoms with Gasteiger partial charge in [0, 0.05) is 19.5 Å². The van der Waals surface area contributed by atoms with Gasteiger partial charge in [0.2, 0.25) is 5.91 Å². The molecule has 0 aromatic heterocycles. The predicted octanol–water partition coefficient (Wildman–Crippen LogP) is 3.75. The lowest BCUT2D eigenvalue weighted by Gasteiger charge is -2.13. The fourth-order valence-corrected chi connectivity index (χ4v) is 3.61. The Bertz CT molecular complexity index is 964. The molecule has 0 bridgehead atoms. The minimum atomic E-state index is -0.953. The van der Waals surface area contributed by atoms with Crippen molar-refractivity contribution in [2.75, 3.05) is 13.1 Å². The third-order valence-electron chi connectivity index (χ3n) is 4.25. The summed E-state index contributed by atoms with van der Waals surface area (Å²) < 4.78 is 26.1. The number of nitrogens with one attached hydrogen (secondary N) is 1. The third kappa shape index (κ3) is 5.51. The van der Waals surface area contributed by atoms with E-state index < -0.39 is 11.6 Å². The molecule has 2 aromatic carbocycles. The number of rotatable bonds is 7. The van der Waals surface area contributed by atoms with Crippen molar-refractivity contribution in [3.05, 3.63) is 76.2 Å². The molecule has 1 aliphatic rings. The summed E-state index contributed by atoms with van der Waals surface area (Å²) >= 11 is 0.865. The highest BCUT2D eigenvalue weighted by atomic mass is 32.2. The van der Waals surface area contributed by atoms with E-state index in [1.165, 1.54) is 6.07 Å². The number of nitrogens with zero attached hydrogens (tertiary/aromatic N) is 1. The number of amides is 3. The van der Waals surface area contributed by atoms with Gasteiger partial charge in [-0.2, -0.15) is 0 Å². The molecule has 0 unspecified atom stereocenters. The highest BCUT2D eigenvalue weighted by Crippen LogP contribution is 2.31. The van der Waals surface area contributed by atoms with Crippen LogP contribution in [0, 0.1) is 11.6 Å². The molecule has 1 saturated heterocycles. The molecule has 150 valence electrons. The van der Waals surface area contributed by atoms with Crippen molar-refractivity contribution in [2.45, 2.75) is 12.8 Å². The van der Waals surface area contributed by atoms with Crippen LogP contribution in [0.1, 0.15) is 17.5 Å². The van der Waals surface area contributed by atoms with Crippen LogP contribution in [0.5, 0.6) is 0 Å². The number of benzene rings is 2. The van der Waals surface area contributed by atoms with Gasteiger partial charge in [-0.25, -0.2) is 8.78 Å². The molecule has 0 atom stereocenters. The Morgan fingerprint density at radius 3 is 2.55 bits per heavy atom. The molecule has 3 rings (SSSR count). The fraction of sp³-hybridized carbons (Fsp3) is 0.190. The lowest BCUT2D eigenvalue weighted by molar-refractivity contribution is -0.124. The number of imide groups is 1. The molecule has 5 nitrogen and oxygen atoms in total. The van der Waals surface area contributed by atoms with Crippen LogP contribution in [0.2, 0.25) is 0 Å². The predicted molar refractivity (Wildman–Crippen MR) is 107 cm³/mol. The average molecular weight is 416 g/mol. The number of halogens is 2. The Kier molecular flexibility index (Phi) is 6.77. The maximum absolute atomic E-state index is 13.2. The summed E-state index contributed by atoms with van der Waals surface area (Å²) in [6.07, 6.45) is 2.00. The SMILES string of the molecule is O=C(CCc1ccc(F)c(F)c1)NCCN1C(=O)S/C(=C\c2ccccc2)C1=O. The van der Waals surface area contributed by atoms with Gasteiger partial charge in [-0.05, 0) is 47.5 Å². The number of aryl methyl sites for hydroxylation is 1. The van der Waals surface area contributed by atoms with Gasteiger partial charge in [-0.1, -0.05) is 36.4 Å². The Hall–Kier alpha value is -3.00. The maximum atomic E-state index is 13.2. The van der Waals surface area contributed by atoms with Crippen LogP contribution >= 0.6 is 11.8 Å². The lowest BCUT2D eigenvalue weighted by Crippen LogP contribution is -2.37. The lowest BCUT2D eigenvalue weighted by atomic mass is 10.1. The van der Waals surface area contributed by atoms with E-state index in [1.807, 2.05) is 30.3 Å². The second-order valence-electron chi connectivity index (χ2n) is 6.34. The molecular formula is C21H18F2N2O3S. The number of carbonyl (C=O) groups excluding carboxylic acids is 3. The van der Waals surface area contributed by atoms with Crippen LogP contribution in [0.4, 0.5) is 13.6 Å². The second kappa shape index (κ2) is 9.47. The molecule has 1 aliphatic heterocycles. The summed E-state index contributed by atoms with van der Waals surface area (Å²) in [5.74, 6) is -2.58. The Morgan fingerprint density at radius 1 is 1.07 bits per heavy atom. The summed E-state index contributed by atoms with van der Waals surface area (Å²) in [6.45, 7) is 0.182. The van der Waals surface area contributed by atoms with Crippen molar-refractivity contribution in [1.29, 1.82) is 0 Å². The second-order valence-corrected chi connectivity index (χ2v) is 7.34. The summed E-state index contributed by atoms with van der Waals surface area (Å²) in [5.41, 5.74) is 1.33. The fourth-order valence-electron chi connectivity index (χ4n) is 2.74. The standard InChI is InChI=1S/C21H18F2N2O3S/c22-16-8-6-15(12-17(16)23)7-9-19(26)24-10-11-25-20(27)18(29-21(25)28)13-14-4-2-1-3-5-14/h1-6,8,12-13H,7,9-11H2,(H,24,26)/b18-13-. The van der Waals surface area contributed by atoms with Gasteiger partial charge in [0.25, 0.3) is 11.1 Å². The molecule has 0 radical (unpaired) electrons. The quantitative estimate of drug-likeness (QED) is 0.698. The molecule has 2 aromatic rings. The van der Waals surface area contributed by atoms with E-state index in [4.69, 9.17) is 0 Å². The monoisotopic (exact) mass is 416 g/mol. The first kappa shape index (κ1) is 20.7. The van der Waals surface area contributed by atoms with Gasteiger partial charge in [0.15, 0.2) is 11.6 Å². The number of hydrogen-bond donors (Lipinski definition) is 1. The van der Waals surface area contributed by atoms with E-state index in [2.05, 4.69) is 5.32 Å². The Morgan fingerprint density at radius 2 is 1.83 bits per heavy atom. The van der Waals surface area contributed by atoms with Crippen molar-refractivity contribution in [3.63, 3.8) is 0 Å². The zero-order valence-corrected chi connectivity index (χ0v) is 16.2. The van der Waals surface area contributed by atoms with Gasteiger partial charge < -0.3 is 5.32 Å². The largest absolute Gasteiger partial charge is 0.354 e. The number of hydrogen-bond acceptors (Lipinski definition) is 4. The minimum Gasteiger partial charge on any atom is -0.354 e. The highest BCUT2D eigenvalue weighted by Gasteiger charge is 2.34. The molecule has 1 heterocycles. The summed E-state index contributed by atoms with van der Waals surface area (Å²) in [4.78, 5) is 37.8. The van der Waals surface area contributed by atoms with E-state index in [1.54, 1.807) is 6.08 Å². The first-order valence-corrected chi connectivity index (χ1v) is 9.77. The average Bonchev–Trinajstić information content (AvgIpc) is 2.97. The summed E-state index contributed by atoms with van der Waals surface area (Å²) in [5, 5.41) is 2.25. The zero-order valence-electron chi connectivity index (χ0n) is 15.4. The van der Waals surface area contributed by atoms with Gasteiger partial charge in [0.1, 0.15) is 0 Å². The molecule has 29 heavy (non-hydrogen) atoms. The highest BCUT2D eigenvalue weighted by molar-refractivity contribution is 8.18. The van der Waals surface area contributed by atoms with Crippen molar-refractivity contribution in [1.82, 2.24) is 10.2 Å². The minimum absolute atomic E-state index is 0.0632. The maximum Gasteiger partial charge on any atom is 0.293 e. The summed E-state index contributed by atoms with van der Waals surface area (Å²) in [7, 11) is 0.